The van der Waals surface area contributed by atoms with Crippen molar-refractivity contribution in [2.24, 2.45) is 29.1 Å². The molecule has 0 radical (unpaired) electrons. The van der Waals surface area contributed by atoms with Crippen LogP contribution in [0.25, 0.3) is 43.5 Å². The average molecular weight is 923 g/mol. The predicted molar refractivity (Wildman–Crippen MR) is 294 cm³/mol. The normalized spacial score (nSPS) is 24.0. The molecule has 0 saturated heterocycles. The number of rotatable bonds is 8. The number of hydrogen-bond donors (Lipinski definition) is 0. The fourth-order valence-corrected chi connectivity index (χ4v) is 14.1. The Hall–Kier alpha value is -7.56. The van der Waals surface area contributed by atoms with Crippen LogP contribution >= 0.6 is 0 Å². The van der Waals surface area contributed by atoms with E-state index < -0.39 is 0 Å². The summed E-state index contributed by atoms with van der Waals surface area (Å²) in [6, 6.07) is 55.4. The minimum Gasteiger partial charge on any atom is -0.483 e. The lowest BCUT2D eigenvalue weighted by atomic mass is 9.47. The summed E-state index contributed by atoms with van der Waals surface area (Å²) in [5.41, 5.74) is 16.2. The van der Waals surface area contributed by atoms with Gasteiger partial charge in [-0.2, -0.15) is 0 Å². The van der Waals surface area contributed by atoms with E-state index in [-0.39, 0.29) is 29.4 Å². The molecule has 4 nitrogen and oxygen atoms in total. The molecular formula is C67H58N2O2. The van der Waals surface area contributed by atoms with E-state index in [2.05, 4.69) is 239 Å². The van der Waals surface area contributed by atoms with Gasteiger partial charge >= 0.3 is 0 Å². The summed E-state index contributed by atoms with van der Waals surface area (Å²) in [6.07, 6.45) is 19.1. The first-order chi connectivity index (χ1) is 34.8. The first kappa shape index (κ1) is 42.3. The molecule has 14 rings (SSSR count). The van der Waals surface area contributed by atoms with Gasteiger partial charge in [-0.3, -0.25) is 0 Å². The van der Waals surface area contributed by atoms with Crippen molar-refractivity contribution in [1.29, 1.82) is 0 Å². The Kier molecular flexibility index (Phi) is 9.53. The third-order valence-corrected chi connectivity index (χ3v) is 17.3. The number of fused-ring (bicyclic) bond motifs is 8. The number of para-hydroxylation sites is 3. The van der Waals surface area contributed by atoms with E-state index in [1.54, 1.807) is 5.57 Å². The molecule has 0 saturated carbocycles. The van der Waals surface area contributed by atoms with Crippen LogP contribution in [0, 0.1) is 29.1 Å². The fourth-order valence-electron chi connectivity index (χ4n) is 14.1. The van der Waals surface area contributed by atoms with Gasteiger partial charge in [-0.1, -0.05) is 197 Å². The Bertz CT molecular complexity index is 3760. The number of furan rings is 1. The maximum atomic E-state index is 7.11. The van der Waals surface area contributed by atoms with Gasteiger partial charge in [0, 0.05) is 50.0 Å². The Morgan fingerprint density at radius 3 is 2.10 bits per heavy atom. The summed E-state index contributed by atoms with van der Waals surface area (Å²) in [7, 11) is 0. The van der Waals surface area contributed by atoms with Gasteiger partial charge in [0.25, 0.3) is 0 Å². The Balaban J connectivity index is 1.02. The summed E-state index contributed by atoms with van der Waals surface area (Å²) < 4.78 is 14.1. The topological polar surface area (TPSA) is 28.9 Å². The molecule has 4 heteroatoms. The van der Waals surface area contributed by atoms with E-state index >= 15 is 0 Å². The second-order valence-corrected chi connectivity index (χ2v) is 21.5. The van der Waals surface area contributed by atoms with Gasteiger partial charge in [0.05, 0.1) is 28.8 Å². The van der Waals surface area contributed by atoms with E-state index in [9.17, 15) is 0 Å². The molecule has 6 aliphatic rings. The molecule has 348 valence electrons. The van der Waals surface area contributed by atoms with Crippen LogP contribution < -0.4 is 14.5 Å². The zero-order valence-corrected chi connectivity index (χ0v) is 41.1. The summed E-state index contributed by atoms with van der Waals surface area (Å²) in [4.78, 5) is 5.32. The monoisotopic (exact) mass is 922 g/mol. The number of nitrogens with zero attached hydrogens (tertiary/aromatic N) is 2. The molecule has 2 heterocycles. The Labute approximate surface area is 416 Å². The molecule has 5 aliphatic carbocycles. The summed E-state index contributed by atoms with van der Waals surface area (Å²) in [6.45, 7) is 12.3. The summed E-state index contributed by atoms with van der Waals surface area (Å²) in [5, 5.41) is 7.20. The van der Waals surface area contributed by atoms with E-state index in [0.717, 1.165) is 51.9 Å². The standard InChI is InChI=1S/C67H58N2O2/c1-40(2)52-38-60(68(56-28-14-20-42-18-6-8-22-44(42)56)58-30-16-26-49-46-24-10-12-32-62(46)70-65(49)58)51-35-36-54-53(41(3)4)39-61(55-37-34-48(52)64(51)67(54,55)5)69(57-29-15-21-43-19-7-9-23-45(43)57)59-31-17-27-50-47-25-11-13-33-63(47)71-66(50)59/h6-35,37,39-41,49,54,60,64-65H,36,38H2,1-5H3. The molecule has 6 unspecified atom stereocenters. The predicted octanol–water partition coefficient (Wildman–Crippen LogP) is 17.2. The van der Waals surface area contributed by atoms with Gasteiger partial charge in [-0.25, -0.2) is 0 Å². The van der Waals surface area contributed by atoms with Crippen LogP contribution in [0.5, 0.6) is 5.75 Å². The number of hydrogen-bond acceptors (Lipinski definition) is 4. The van der Waals surface area contributed by atoms with Gasteiger partial charge < -0.3 is 19.0 Å². The van der Waals surface area contributed by atoms with Crippen molar-refractivity contribution in [3.05, 3.63) is 239 Å². The van der Waals surface area contributed by atoms with Gasteiger partial charge in [0.1, 0.15) is 17.4 Å². The van der Waals surface area contributed by atoms with E-state index in [1.807, 2.05) is 0 Å². The molecule has 7 aromatic carbocycles. The third kappa shape index (κ3) is 6.16. The van der Waals surface area contributed by atoms with Gasteiger partial charge in [0.15, 0.2) is 5.58 Å². The SMILES string of the molecule is CC(C)C1=CC(N(c2cccc3ccccc23)c2cccc3c2oc2ccccc23)=C2C=CC3=C(C(C)C)CC(N(C4=CC=CC5c6ccccc6OC45)c4cccc5ccccc45)C4=CCC1C2(C)C43. The highest BCUT2D eigenvalue weighted by Crippen LogP contribution is 2.66. The minimum atomic E-state index is -0.283. The molecule has 8 aromatic rings. The lowest BCUT2D eigenvalue weighted by Crippen LogP contribution is -2.54. The molecular weight excluding hydrogens is 865 g/mol. The lowest BCUT2D eigenvalue weighted by molar-refractivity contribution is 0.171. The highest BCUT2D eigenvalue weighted by Gasteiger charge is 2.58. The summed E-state index contributed by atoms with van der Waals surface area (Å²) in [5.74, 6) is 2.24. The first-order valence-corrected chi connectivity index (χ1v) is 25.9. The number of anilines is 3. The first-order valence-electron chi connectivity index (χ1n) is 25.9. The van der Waals surface area contributed by atoms with Gasteiger partial charge in [-0.05, 0) is 101 Å². The third-order valence-electron chi connectivity index (χ3n) is 17.3. The smallest absolute Gasteiger partial charge is 0.159 e. The largest absolute Gasteiger partial charge is 0.483 e. The zero-order valence-electron chi connectivity index (χ0n) is 41.1. The van der Waals surface area contributed by atoms with Gasteiger partial charge in [-0.15, -0.1) is 0 Å². The molecule has 0 N–H and O–H groups in total. The lowest BCUT2D eigenvalue weighted by Gasteiger charge is -2.59. The maximum absolute atomic E-state index is 7.11. The average Bonchev–Trinajstić information content (AvgIpc) is 3.98. The number of ether oxygens (including phenoxy) is 1. The zero-order chi connectivity index (χ0) is 47.7. The van der Waals surface area contributed by atoms with E-state index in [1.165, 1.54) is 66.5 Å². The van der Waals surface area contributed by atoms with E-state index in [0.29, 0.717) is 17.8 Å². The molecule has 0 amide bonds. The van der Waals surface area contributed by atoms with Crippen molar-refractivity contribution in [3.63, 3.8) is 0 Å². The number of benzene rings is 7. The quantitative estimate of drug-likeness (QED) is 0.142. The summed E-state index contributed by atoms with van der Waals surface area (Å²) >= 11 is 0. The molecule has 1 aromatic heterocycles. The van der Waals surface area contributed by atoms with Crippen LogP contribution in [0.4, 0.5) is 17.1 Å². The van der Waals surface area contributed by atoms with Crippen molar-refractivity contribution in [1.82, 2.24) is 0 Å². The molecule has 0 fully saturated rings. The Morgan fingerprint density at radius 2 is 1.31 bits per heavy atom. The van der Waals surface area contributed by atoms with Crippen LogP contribution in [-0.4, -0.2) is 12.1 Å². The maximum Gasteiger partial charge on any atom is 0.159 e. The van der Waals surface area contributed by atoms with Crippen molar-refractivity contribution < 1.29 is 9.15 Å². The van der Waals surface area contributed by atoms with Crippen LogP contribution in [0.3, 0.4) is 0 Å². The molecule has 1 aliphatic heterocycles. The highest BCUT2D eigenvalue weighted by molar-refractivity contribution is 6.11. The fraction of sp³-hybridized carbons (Fsp3) is 0.224. The Morgan fingerprint density at radius 1 is 0.648 bits per heavy atom. The van der Waals surface area contributed by atoms with Crippen molar-refractivity contribution in [3.8, 4) is 5.75 Å². The van der Waals surface area contributed by atoms with Gasteiger partial charge in [0.2, 0.25) is 0 Å². The molecule has 6 atom stereocenters. The van der Waals surface area contributed by atoms with Crippen molar-refractivity contribution in [2.75, 3.05) is 9.80 Å². The van der Waals surface area contributed by atoms with Crippen LogP contribution in [0.2, 0.25) is 0 Å². The second-order valence-electron chi connectivity index (χ2n) is 21.5. The van der Waals surface area contributed by atoms with Crippen LogP contribution in [0.1, 0.15) is 58.9 Å². The van der Waals surface area contributed by atoms with E-state index in [4.69, 9.17) is 9.15 Å². The second kappa shape index (κ2) is 16.0. The van der Waals surface area contributed by atoms with Crippen molar-refractivity contribution in [2.45, 2.75) is 65.5 Å². The molecule has 71 heavy (non-hydrogen) atoms. The molecule has 0 bridgehead atoms. The van der Waals surface area contributed by atoms with Crippen LogP contribution in [-0.2, 0) is 0 Å². The number of allylic oxidation sites excluding steroid dienone is 9. The highest BCUT2D eigenvalue weighted by atomic mass is 16.5. The van der Waals surface area contributed by atoms with Crippen LogP contribution in [0.15, 0.2) is 238 Å². The van der Waals surface area contributed by atoms with Crippen molar-refractivity contribution >= 4 is 60.5 Å². The molecule has 0 spiro atoms. The minimum absolute atomic E-state index is 0.0542.